The van der Waals surface area contributed by atoms with E-state index in [0.29, 0.717) is 12.2 Å². The van der Waals surface area contributed by atoms with Crippen LogP contribution in [-0.2, 0) is 6.54 Å². The Morgan fingerprint density at radius 1 is 0.952 bits per heavy atom. The largest absolute Gasteiger partial charge is 0.497 e. The zero-order valence-electron chi connectivity index (χ0n) is 11.8. The number of nitrogens with one attached hydrogen (secondary N) is 1. The lowest BCUT2D eigenvalue weighted by Crippen LogP contribution is -2.01. The molecule has 0 heterocycles. The van der Waals surface area contributed by atoms with Crippen molar-refractivity contribution in [2.24, 2.45) is 0 Å². The second-order valence-electron chi connectivity index (χ2n) is 4.88. The zero-order valence-corrected chi connectivity index (χ0v) is 11.8. The summed E-state index contributed by atoms with van der Waals surface area (Å²) in [6.45, 7) is 0.586. The third-order valence-corrected chi connectivity index (χ3v) is 3.47. The Morgan fingerprint density at radius 3 is 2.52 bits per heavy atom. The molecule has 0 radical (unpaired) electrons. The minimum atomic E-state index is -0.233. The topological polar surface area (TPSA) is 21.3 Å². The van der Waals surface area contributed by atoms with Gasteiger partial charge in [0.05, 0.1) is 12.8 Å². The second kappa shape index (κ2) is 5.83. The monoisotopic (exact) mass is 281 g/mol. The first-order valence-corrected chi connectivity index (χ1v) is 6.81. The van der Waals surface area contributed by atoms with Gasteiger partial charge in [-0.15, -0.1) is 0 Å². The molecule has 0 aliphatic rings. The Labute approximate surface area is 123 Å². The molecule has 3 heteroatoms. The second-order valence-corrected chi connectivity index (χ2v) is 4.88. The van der Waals surface area contributed by atoms with Crippen molar-refractivity contribution >= 4 is 16.5 Å². The summed E-state index contributed by atoms with van der Waals surface area (Å²) in [7, 11) is 1.66. The molecular weight excluding hydrogens is 265 g/mol. The van der Waals surface area contributed by atoms with Crippen LogP contribution in [0.1, 0.15) is 5.56 Å². The van der Waals surface area contributed by atoms with Gasteiger partial charge in [0, 0.05) is 6.54 Å². The average molecular weight is 281 g/mol. The van der Waals surface area contributed by atoms with Crippen LogP contribution in [0.3, 0.4) is 0 Å². The number of para-hydroxylation sites is 1. The molecule has 0 saturated heterocycles. The Hall–Kier alpha value is -2.55. The van der Waals surface area contributed by atoms with E-state index in [2.05, 4.69) is 17.4 Å². The van der Waals surface area contributed by atoms with Crippen LogP contribution in [0.2, 0.25) is 0 Å². The fourth-order valence-electron chi connectivity index (χ4n) is 2.31. The highest BCUT2D eigenvalue weighted by atomic mass is 19.1. The maximum Gasteiger partial charge on any atom is 0.146 e. The van der Waals surface area contributed by atoms with Crippen molar-refractivity contribution in [1.29, 1.82) is 0 Å². The average Bonchev–Trinajstić information content (AvgIpc) is 2.53. The van der Waals surface area contributed by atoms with Crippen LogP contribution in [-0.4, -0.2) is 7.11 Å². The molecule has 0 bridgehead atoms. The third-order valence-electron chi connectivity index (χ3n) is 3.47. The number of anilines is 1. The van der Waals surface area contributed by atoms with Gasteiger partial charge in [-0.25, -0.2) is 4.39 Å². The van der Waals surface area contributed by atoms with E-state index in [-0.39, 0.29) is 5.82 Å². The predicted octanol–water partition coefficient (Wildman–Crippen LogP) is 4.60. The Morgan fingerprint density at radius 2 is 1.71 bits per heavy atom. The number of methoxy groups -OCH3 is 1. The van der Waals surface area contributed by atoms with Crippen molar-refractivity contribution < 1.29 is 9.13 Å². The van der Waals surface area contributed by atoms with E-state index in [1.54, 1.807) is 19.2 Å². The normalized spacial score (nSPS) is 10.6. The van der Waals surface area contributed by atoms with Crippen LogP contribution in [0, 0.1) is 5.82 Å². The van der Waals surface area contributed by atoms with E-state index in [9.17, 15) is 4.39 Å². The van der Waals surface area contributed by atoms with E-state index in [1.165, 1.54) is 6.07 Å². The van der Waals surface area contributed by atoms with Gasteiger partial charge < -0.3 is 10.1 Å². The first-order chi connectivity index (χ1) is 10.3. The molecule has 21 heavy (non-hydrogen) atoms. The van der Waals surface area contributed by atoms with Crippen LogP contribution in [0.25, 0.3) is 10.8 Å². The molecule has 0 aromatic heterocycles. The SMILES string of the molecule is COc1ccc2cc(CNc3ccccc3F)ccc2c1. The number of hydrogen-bond donors (Lipinski definition) is 1. The molecule has 0 fully saturated rings. The fraction of sp³-hybridized carbons (Fsp3) is 0.111. The van der Waals surface area contributed by atoms with Gasteiger partial charge in [0.2, 0.25) is 0 Å². The van der Waals surface area contributed by atoms with Crippen molar-refractivity contribution in [3.63, 3.8) is 0 Å². The van der Waals surface area contributed by atoms with E-state index in [0.717, 1.165) is 22.1 Å². The Balaban J connectivity index is 1.80. The molecule has 0 aliphatic carbocycles. The van der Waals surface area contributed by atoms with Gasteiger partial charge in [-0.1, -0.05) is 30.3 Å². The van der Waals surface area contributed by atoms with Crippen molar-refractivity contribution in [3.8, 4) is 5.75 Å². The number of benzene rings is 3. The first-order valence-electron chi connectivity index (χ1n) is 6.81. The smallest absolute Gasteiger partial charge is 0.146 e. The zero-order chi connectivity index (χ0) is 14.7. The third kappa shape index (κ3) is 2.97. The number of fused-ring (bicyclic) bond motifs is 1. The minimum absolute atomic E-state index is 0.233. The van der Waals surface area contributed by atoms with E-state index >= 15 is 0 Å². The molecule has 2 nitrogen and oxygen atoms in total. The van der Waals surface area contributed by atoms with Crippen LogP contribution < -0.4 is 10.1 Å². The van der Waals surface area contributed by atoms with Crippen molar-refractivity contribution in [2.75, 3.05) is 12.4 Å². The lowest BCUT2D eigenvalue weighted by molar-refractivity contribution is 0.415. The molecule has 0 spiro atoms. The number of ether oxygens (including phenoxy) is 1. The van der Waals surface area contributed by atoms with Gasteiger partial charge in [0.25, 0.3) is 0 Å². The number of hydrogen-bond acceptors (Lipinski definition) is 2. The highest BCUT2D eigenvalue weighted by Crippen LogP contribution is 2.22. The lowest BCUT2D eigenvalue weighted by atomic mass is 10.1. The summed E-state index contributed by atoms with van der Waals surface area (Å²) >= 11 is 0. The molecule has 0 amide bonds. The summed E-state index contributed by atoms with van der Waals surface area (Å²) in [5.41, 5.74) is 1.63. The van der Waals surface area contributed by atoms with Gasteiger partial charge in [0.1, 0.15) is 11.6 Å². The summed E-state index contributed by atoms with van der Waals surface area (Å²) in [6, 6.07) is 18.9. The van der Waals surface area contributed by atoms with E-state index < -0.39 is 0 Å². The molecule has 3 aromatic rings. The van der Waals surface area contributed by atoms with Crippen molar-refractivity contribution in [1.82, 2.24) is 0 Å². The Bertz CT molecular complexity index is 770. The minimum Gasteiger partial charge on any atom is -0.497 e. The summed E-state index contributed by atoms with van der Waals surface area (Å²) in [5.74, 6) is 0.614. The van der Waals surface area contributed by atoms with Crippen molar-refractivity contribution in [3.05, 3.63) is 72.0 Å². The van der Waals surface area contributed by atoms with Crippen LogP contribution in [0.5, 0.6) is 5.75 Å². The highest BCUT2D eigenvalue weighted by molar-refractivity contribution is 5.84. The molecule has 106 valence electrons. The number of rotatable bonds is 4. The molecular formula is C18H16FNO. The quantitative estimate of drug-likeness (QED) is 0.754. The van der Waals surface area contributed by atoms with Crippen molar-refractivity contribution in [2.45, 2.75) is 6.54 Å². The summed E-state index contributed by atoms with van der Waals surface area (Å²) in [4.78, 5) is 0. The summed E-state index contributed by atoms with van der Waals surface area (Å²) < 4.78 is 18.8. The van der Waals surface area contributed by atoms with Crippen LogP contribution in [0.15, 0.2) is 60.7 Å². The van der Waals surface area contributed by atoms with Crippen LogP contribution >= 0.6 is 0 Å². The Kier molecular flexibility index (Phi) is 3.73. The molecule has 0 atom stereocenters. The molecule has 1 N–H and O–H groups in total. The first kappa shape index (κ1) is 13.4. The highest BCUT2D eigenvalue weighted by Gasteiger charge is 2.02. The molecule has 3 aromatic carbocycles. The van der Waals surface area contributed by atoms with Gasteiger partial charge in [-0.05, 0) is 46.7 Å². The molecule has 0 unspecified atom stereocenters. The van der Waals surface area contributed by atoms with Gasteiger partial charge in [-0.3, -0.25) is 0 Å². The molecule has 0 aliphatic heterocycles. The molecule has 0 saturated carbocycles. The van der Waals surface area contributed by atoms with E-state index in [1.807, 2.05) is 30.3 Å². The maximum absolute atomic E-state index is 13.6. The van der Waals surface area contributed by atoms with Gasteiger partial charge >= 0.3 is 0 Å². The number of halogens is 1. The fourth-order valence-corrected chi connectivity index (χ4v) is 2.31. The standard InChI is InChI=1S/C18H16FNO/c1-21-16-9-8-14-10-13(6-7-15(14)11-16)12-20-18-5-3-2-4-17(18)19/h2-11,20H,12H2,1H3. The predicted molar refractivity (Wildman–Crippen MR) is 84.2 cm³/mol. The summed E-state index contributed by atoms with van der Waals surface area (Å²) in [6.07, 6.45) is 0. The maximum atomic E-state index is 13.6. The molecule has 3 rings (SSSR count). The van der Waals surface area contributed by atoms with E-state index in [4.69, 9.17) is 4.74 Å². The van der Waals surface area contributed by atoms with Gasteiger partial charge in [0.15, 0.2) is 0 Å². The summed E-state index contributed by atoms with van der Waals surface area (Å²) in [5, 5.41) is 5.39. The van der Waals surface area contributed by atoms with Gasteiger partial charge in [-0.2, -0.15) is 0 Å². The van der Waals surface area contributed by atoms with Crippen LogP contribution in [0.4, 0.5) is 10.1 Å². The lowest BCUT2D eigenvalue weighted by Gasteiger charge is -2.09.